The average molecular weight is 273 g/mol. The van der Waals surface area contributed by atoms with Gasteiger partial charge in [-0.1, -0.05) is 30.3 Å². The summed E-state index contributed by atoms with van der Waals surface area (Å²) < 4.78 is 0. The first-order valence-electron chi connectivity index (χ1n) is 8.10. The molecule has 0 radical (unpaired) electrons. The Hall–Kier alpha value is -0.900. The third-order valence-electron chi connectivity index (χ3n) is 4.68. The molecule has 2 N–H and O–H groups in total. The minimum absolute atomic E-state index is 0.702. The molecule has 3 nitrogen and oxygen atoms in total. The number of likely N-dealkylation sites (tertiary alicyclic amines) is 1. The first-order valence-corrected chi connectivity index (χ1v) is 8.10. The molecule has 0 aromatic heterocycles. The van der Waals surface area contributed by atoms with Crippen molar-refractivity contribution < 1.29 is 0 Å². The summed E-state index contributed by atoms with van der Waals surface area (Å²) in [5, 5.41) is 7.24. The van der Waals surface area contributed by atoms with E-state index >= 15 is 0 Å². The zero-order valence-corrected chi connectivity index (χ0v) is 12.4. The number of hydrogen-bond acceptors (Lipinski definition) is 3. The lowest BCUT2D eigenvalue weighted by Gasteiger charge is -2.24. The summed E-state index contributed by atoms with van der Waals surface area (Å²) in [7, 11) is 0. The predicted octanol–water partition coefficient (Wildman–Crippen LogP) is 1.85. The van der Waals surface area contributed by atoms with Gasteiger partial charge in [0.2, 0.25) is 0 Å². The maximum absolute atomic E-state index is 3.80. The fourth-order valence-electron chi connectivity index (χ4n) is 3.40. The number of hydrogen-bond donors (Lipinski definition) is 2. The van der Waals surface area contributed by atoms with Crippen LogP contribution in [0.2, 0.25) is 0 Å². The van der Waals surface area contributed by atoms with Gasteiger partial charge in [0.25, 0.3) is 0 Å². The largest absolute Gasteiger partial charge is 0.317 e. The molecule has 2 aliphatic rings. The molecule has 2 saturated heterocycles. The Morgan fingerprint density at radius 1 is 1.10 bits per heavy atom. The first kappa shape index (κ1) is 14.1. The lowest BCUT2D eigenvalue weighted by molar-refractivity contribution is 0.307. The second-order valence-electron chi connectivity index (χ2n) is 6.31. The van der Waals surface area contributed by atoms with Crippen molar-refractivity contribution in [2.24, 2.45) is 5.92 Å². The van der Waals surface area contributed by atoms with Gasteiger partial charge in [0.1, 0.15) is 0 Å². The smallest absolute Gasteiger partial charge is 0.0234 e. The number of nitrogens with zero attached hydrogens (tertiary/aromatic N) is 1. The summed E-state index contributed by atoms with van der Waals surface area (Å²) in [4.78, 5) is 2.58. The average Bonchev–Trinajstić information content (AvgIpc) is 2.95. The Kier molecular flexibility index (Phi) is 5.06. The van der Waals surface area contributed by atoms with Gasteiger partial charge in [-0.25, -0.2) is 0 Å². The van der Waals surface area contributed by atoms with Crippen LogP contribution in [0.5, 0.6) is 0 Å². The summed E-state index contributed by atoms with van der Waals surface area (Å²) in [6.45, 7) is 7.17. The van der Waals surface area contributed by atoms with Crippen LogP contribution in [0, 0.1) is 5.92 Å². The molecule has 1 aromatic rings. The second-order valence-corrected chi connectivity index (χ2v) is 6.31. The highest BCUT2D eigenvalue weighted by Gasteiger charge is 2.23. The number of nitrogens with one attached hydrogen (secondary N) is 2. The van der Waals surface area contributed by atoms with Gasteiger partial charge < -0.3 is 10.6 Å². The molecular weight excluding hydrogens is 246 g/mol. The van der Waals surface area contributed by atoms with Gasteiger partial charge in [-0.05, 0) is 50.4 Å². The molecular formula is C17H27N3. The lowest BCUT2D eigenvalue weighted by Crippen LogP contribution is -2.39. The van der Waals surface area contributed by atoms with Crippen molar-refractivity contribution in [1.29, 1.82) is 0 Å². The van der Waals surface area contributed by atoms with Crippen molar-refractivity contribution in [1.82, 2.24) is 15.5 Å². The molecule has 2 aliphatic heterocycles. The van der Waals surface area contributed by atoms with Crippen LogP contribution < -0.4 is 10.6 Å². The summed E-state index contributed by atoms with van der Waals surface area (Å²) in [6.07, 6.45) is 3.98. The second kappa shape index (κ2) is 7.21. The van der Waals surface area contributed by atoms with E-state index < -0.39 is 0 Å². The molecule has 0 aliphatic carbocycles. The molecule has 3 rings (SSSR count). The highest BCUT2D eigenvalue weighted by molar-refractivity contribution is 5.14. The molecule has 1 aromatic carbocycles. The van der Waals surface area contributed by atoms with Crippen molar-refractivity contribution in [3.8, 4) is 0 Å². The van der Waals surface area contributed by atoms with E-state index in [1.807, 2.05) is 0 Å². The van der Waals surface area contributed by atoms with Crippen LogP contribution in [0.25, 0.3) is 0 Å². The highest BCUT2D eigenvalue weighted by Crippen LogP contribution is 2.15. The Balaban J connectivity index is 1.38. The first-order chi connectivity index (χ1) is 9.90. The van der Waals surface area contributed by atoms with Crippen LogP contribution in [-0.4, -0.2) is 43.7 Å². The number of benzene rings is 1. The third kappa shape index (κ3) is 4.05. The number of rotatable bonds is 5. The van der Waals surface area contributed by atoms with E-state index in [0.29, 0.717) is 6.04 Å². The van der Waals surface area contributed by atoms with Crippen LogP contribution in [0.1, 0.15) is 24.8 Å². The van der Waals surface area contributed by atoms with E-state index in [1.165, 1.54) is 57.5 Å². The molecule has 2 heterocycles. The van der Waals surface area contributed by atoms with Gasteiger partial charge in [-0.2, -0.15) is 0 Å². The fraction of sp³-hybridized carbons (Fsp3) is 0.647. The van der Waals surface area contributed by atoms with E-state index in [4.69, 9.17) is 0 Å². The van der Waals surface area contributed by atoms with Gasteiger partial charge in [0.05, 0.1) is 0 Å². The molecule has 1 unspecified atom stereocenters. The SMILES string of the molecule is c1ccc(CN2CCC(NCC3CCNCC3)C2)cc1. The topological polar surface area (TPSA) is 27.3 Å². The summed E-state index contributed by atoms with van der Waals surface area (Å²) in [5.74, 6) is 0.888. The van der Waals surface area contributed by atoms with Gasteiger partial charge >= 0.3 is 0 Å². The van der Waals surface area contributed by atoms with Crippen LogP contribution in [-0.2, 0) is 6.54 Å². The molecule has 20 heavy (non-hydrogen) atoms. The molecule has 0 bridgehead atoms. The van der Waals surface area contributed by atoms with E-state index in [-0.39, 0.29) is 0 Å². The Morgan fingerprint density at radius 2 is 1.90 bits per heavy atom. The molecule has 3 heteroatoms. The molecule has 0 spiro atoms. The van der Waals surface area contributed by atoms with Crippen LogP contribution >= 0.6 is 0 Å². The van der Waals surface area contributed by atoms with Crippen molar-refractivity contribution in [2.45, 2.75) is 31.8 Å². The van der Waals surface area contributed by atoms with Crippen LogP contribution in [0.3, 0.4) is 0 Å². The maximum Gasteiger partial charge on any atom is 0.0234 e. The van der Waals surface area contributed by atoms with Crippen LogP contribution in [0.4, 0.5) is 0 Å². The van der Waals surface area contributed by atoms with Crippen molar-refractivity contribution >= 4 is 0 Å². The normalized spacial score (nSPS) is 25.1. The van der Waals surface area contributed by atoms with E-state index in [9.17, 15) is 0 Å². The Labute approximate surface area is 122 Å². The third-order valence-corrected chi connectivity index (χ3v) is 4.68. The van der Waals surface area contributed by atoms with E-state index in [1.54, 1.807) is 0 Å². The maximum atomic E-state index is 3.80. The van der Waals surface area contributed by atoms with Gasteiger partial charge in [0, 0.05) is 25.7 Å². The quantitative estimate of drug-likeness (QED) is 0.857. The van der Waals surface area contributed by atoms with E-state index in [0.717, 1.165) is 12.5 Å². The summed E-state index contributed by atoms with van der Waals surface area (Å²) >= 11 is 0. The number of piperidine rings is 1. The predicted molar refractivity (Wildman–Crippen MR) is 83.7 cm³/mol. The van der Waals surface area contributed by atoms with E-state index in [2.05, 4.69) is 45.9 Å². The minimum atomic E-state index is 0.702. The molecule has 0 amide bonds. The summed E-state index contributed by atoms with van der Waals surface area (Å²) in [6, 6.07) is 11.5. The zero-order valence-electron chi connectivity index (χ0n) is 12.4. The van der Waals surface area contributed by atoms with Gasteiger partial charge in [0.15, 0.2) is 0 Å². The molecule has 2 fully saturated rings. The minimum Gasteiger partial charge on any atom is -0.317 e. The zero-order chi connectivity index (χ0) is 13.6. The van der Waals surface area contributed by atoms with Crippen LogP contribution in [0.15, 0.2) is 30.3 Å². The van der Waals surface area contributed by atoms with Gasteiger partial charge in [-0.3, -0.25) is 4.90 Å². The highest BCUT2D eigenvalue weighted by atomic mass is 15.2. The molecule has 1 atom stereocenters. The van der Waals surface area contributed by atoms with Gasteiger partial charge in [-0.15, -0.1) is 0 Å². The Morgan fingerprint density at radius 3 is 2.70 bits per heavy atom. The Bertz CT molecular complexity index is 386. The molecule has 0 saturated carbocycles. The van der Waals surface area contributed by atoms with Crippen molar-refractivity contribution in [3.63, 3.8) is 0 Å². The van der Waals surface area contributed by atoms with Crippen molar-refractivity contribution in [2.75, 3.05) is 32.7 Å². The fourth-order valence-corrected chi connectivity index (χ4v) is 3.40. The standard InChI is InChI=1S/C17H27N3/c1-2-4-16(5-3-1)13-20-11-8-17(14-20)19-12-15-6-9-18-10-7-15/h1-5,15,17-19H,6-14H2. The molecule has 110 valence electrons. The van der Waals surface area contributed by atoms with Crippen molar-refractivity contribution in [3.05, 3.63) is 35.9 Å². The lowest BCUT2D eigenvalue weighted by atomic mass is 9.98. The monoisotopic (exact) mass is 273 g/mol. The summed E-state index contributed by atoms with van der Waals surface area (Å²) in [5.41, 5.74) is 1.44.